The van der Waals surface area contributed by atoms with E-state index in [9.17, 15) is 5.11 Å². The Kier molecular flexibility index (Phi) is 4.65. The third kappa shape index (κ3) is 4.77. The Labute approximate surface area is 63.6 Å². The van der Waals surface area contributed by atoms with Crippen LogP contribution in [0.4, 0.5) is 0 Å². The van der Waals surface area contributed by atoms with E-state index in [2.05, 4.69) is 12.2 Å². The first-order chi connectivity index (χ1) is 4.62. The van der Waals surface area contributed by atoms with Crippen LogP contribution in [0, 0.1) is 0 Å². The molecular formula is C8H19NO. The smallest absolute Gasteiger partial charge is 0.0743 e. The lowest BCUT2D eigenvalue weighted by atomic mass is 10.0. The average molecular weight is 145 g/mol. The summed E-state index contributed by atoms with van der Waals surface area (Å²) >= 11 is 0. The van der Waals surface area contributed by atoms with Gasteiger partial charge in [-0.3, -0.25) is 0 Å². The van der Waals surface area contributed by atoms with Crippen LogP contribution in [0.25, 0.3) is 0 Å². The number of likely N-dealkylation sites (N-methyl/N-ethyl adjacent to an activating group) is 1. The second kappa shape index (κ2) is 4.69. The quantitative estimate of drug-likeness (QED) is 0.608. The zero-order chi connectivity index (χ0) is 8.04. The monoisotopic (exact) mass is 145 g/mol. The van der Waals surface area contributed by atoms with Gasteiger partial charge < -0.3 is 10.4 Å². The lowest BCUT2D eigenvalue weighted by Gasteiger charge is -2.22. The summed E-state index contributed by atoms with van der Waals surface area (Å²) in [5.41, 5.74) is -0.509. The summed E-state index contributed by atoms with van der Waals surface area (Å²) in [5.74, 6) is 0. The van der Waals surface area contributed by atoms with Crippen LogP contribution in [-0.4, -0.2) is 23.8 Å². The van der Waals surface area contributed by atoms with Gasteiger partial charge in [-0.15, -0.1) is 0 Å². The third-order valence-electron chi connectivity index (χ3n) is 1.54. The van der Waals surface area contributed by atoms with Crippen molar-refractivity contribution in [1.29, 1.82) is 0 Å². The van der Waals surface area contributed by atoms with Crippen molar-refractivity contribution < 1.29 is 5.11 Å². The molecule has 0 rings (SSSR count). The Bertz CT molecular complexity index is 81.3. The summed E-state index contributed by atoms with van der Waals surface area (Å²) in [4.78, 5) is 0. The van der Waals surface area contributed by atoms with E-state index in [1.165, 1.54) is 0 Å². The summed E-state index contributed by atoms with van der Waals surface area (Å²) in [7, 11) is 0. The Morgan fingerprint density at radius 2 is 2.00 bits per heavy atom. The van der Waals surface area contributed by atoms with Crippen molar-refractivity contribution in [1.82, 2.24) is 5.32 Å². The molecule has 0 bridgehead atoms. The molecule has 0 aliphatic heterocycles. The molecule has 0 aromatic carbocycles. The summed E-state index contributed by atoms with van der Waals surface area (Å²) in [6, 6.07) is 0. The maximum absolute atomic E-state index is 9.58. The van der Waals surface area contributed by atoms with Gasteiger partial charge in [-0.1, -0.05) is 20.3 Å². The van der Waals surface area contributed by atoms with Gasteiger partial charge in [-0.25, -0.2) is 0 Å². The van der Waals surface area contributed by atoms with Gasteiger partial charge in [-0.05, 0) is 19.9 Å². The van der Waals surface area contributed by atoms with Crippen LogP contribution in [0.5, 0.6) is 0 Å². The molecule has 1 unspecified atom stereocenters. The first-order valence-electron chi connectivity index (χ1n) is 4.05. The van der Waals surface area contributed by atoms with Crippen LogP contribution in [0.2, 0.25) is 0 Å². The van der Waals surface area contributed by atoms with E-state index >= 15 is 0 Å². The van der Waals surface area contributed by atoms with Gasteiger partial charge in [0.1, 0.15) is 0 Å². The van der Waals surface area contributed by atoms with Gasteiger partial charge in [0, 0.05) is 6.54 Å². The van der Waals surface area contributed by atoms with E-state index in [0.29, 0.717) is 6.54 Å². The summed E-state index contributed by atoms with van der Waals surface area (Å²) < 4.78 is 0. The molecule has 2 nitrogen and oxygen atoms in total. The largest absolute Gasteiger partial charge is 0.389 e. The molecule has 0 aromatic heterocycles. The van der Waals surface area contributed by atoms with E-state index in [4.69, 9.17) is 0 Å². The highest BCUT2D eigenvalue weighted by molar-refractivity contribution is 4.73. The maximum Gasteiger partial charge on any atom is 0.0743 e. The Morgan fingerprint density at radius 1 is 1.40 bits per heavy atom. The van der Waals surface area contributed by atoms with E-state index in [-0.39, 0.29) is 0 Å². The number of rotatable bonds is 5. The zero-order valence-corrected chi connectivity index (χ0v) is 7.28. The molecule has 0 heterocycles. The standard InChI is InChI=1S/C8H19NO/c1-4-6-8(3,10)7-9-5-2/h9-10H,4-7H2,1-3H3. The average Bonchev–Trinajstić information content (AvgIpc) is 1.84. The highest BCUT2D eigenvalue weighted by Gasteiger charge is 2.17. The highest BCUT2D eigenvalue weighted by atomic mass is 16.3. The van der Waals surface area contributed by atoms with E-state index in [0.717, 1.165) is 19.4 Å². The minimum Gasteiger partial charge on any atom is -0.389 e. The SMILES string of the molecule is CCCC(C)(O)CNCC. The van der Waals surface area contributed by atoms with Gasteiger partial charge in [0.05, 0.1) is 5.60 Å². The minimum atomic E-state index is -0.509. The lowest BCUT2D eigenvalue weighted by Crippen LogP contribution is -2.37. The van der Waals surface area contributed by atoms with Gasteiger partial charge in [0.25, 0.3) is 0 Å². The molecule has 0 aromatic rings. The number of aliphatic hydroxyl groups is 1. The fraction of sp³-hybridized carbons (Fsp3) is 1.00. The molecule has 0 aliphatic rings. The van der Waals surface area contributed by atoms with Gasteiger partial charge in [0.2, 0.25) is 0 Å². The van der Waals surface area contributed by atoms with E-state index in [1.807, 2.05) is 13.8 Å². The van der Waals surface area contributed by atoms with Crippen molar-refractivity contribution in [2.24, 2.45) is 0 Å². The van der Waals surface area contributed by atoms with Crippen molar-refractivity contribution >= 4 is 0 Å². The molecular weight excluding hydrogens is 126 g/mol. The molecule has 0 amide bonds. The lowest BCUT2D eigenvalue weighted by molar-refractivity contribution is 0.0507. The molecule has 62 valence electrons. The summed E-state index contributed by atoms with van der Waals surface area (Å²) in [6.45, 7) is 7.64. The van der Waals surface area contributed by atoms with Crippen molar-refractivity contribution in [3.05, 3.63) is 0 Å². The second-order valence-corrected chi connectivity index (χ2v) is 3.03. The Morgan fingerprint density at radius 3 is 2.40 bits per heavy atom. The third-order valence-corrected chi connectivity index (χ3v) is 1.54. The van der Waals surface area contributed by atoms with Crippen LogP contribution in [0.1, 0.15) is 33.6 Å². The minimum absolute atomic E-state index is 0.509. The van der Waals surface area contributed by atoms with Crippen molar-refractivity contribution in [3.63, 3.8) is 0 Å². The molecule has 0 saturated heterocycles. The first kappa shape index (κ1) is 9.92. The number of nitrogens with one attached hydrogen (secondary N) is 1. The summed E-state index contributed by atoms with van der Waals surface area (Å²) in [6.07, 6.45) is 1.92. The molecule has 2 N–H and O–H groups in total. The van der Waals surface area contributed by atoms with Crippen LogP contribution < -0.4 is 5.32 Å². The molecule has 0 fully saturated rings. The molecule has 1 atom stereocenters. The molecule has 0 radical (unpaired) electrons. The first-order valence-corrected chi connectivity index (χ1v) is 4.05. The Balaban J connectivity index is 3.42. The second-order valence-electron chi connectivity index (χ2n) is 3.03. The van der Waals surface area contributed by atoms with Crippen LogP contribution in [0.15, 0.2) is 0 Å². The molecule has 0 aliphatic carbocycles. The van der Waals surface area contributed by atoms with Crippen LogP contribution >= 0.6 is 0 Å². The maximum atomic E-state index is 9.58. The van der Waals surface area contributed by atoms with Gasteiger partial charge >= 0.3 is 0 Å². The zero-order valence-electron chi connectivity index (χ0n) is 7.28. The molecule has 0 spiro atoms. The van der Waals surface area contributed by atoms with Gasteiger partial charge in [0.15, 0.2) is 0 Å². The van der Waals surface area contributed by atoms with Crippen molar-refractivity contribution in [2.45, 2.75) is 39.2 Å². The van der Waals surface area contributed by atoms with Crippen LogP contribution in [-0.2, 0) is 0 Å². The van der Waals surface area contributed by atoms with Gasteiger partial charge in [-0.2, -0.15) is 0 Å². The van der Waals surface area contributed by atoms with Crippen LogP contribution in [0.3, 0.4) is 0 Å². The van der Waals surface area contributed by atoms with E-state index in [1.54, 1.807) is 0 Å². The fourth-order valence-corrected chi connectivity index (χ4v) is 1.02. The Hall–Kier alpha value is -0.0800. The predicted octanol–water partition coefficient (Wildman–Crippen LogP) is 1.15. The topological polar surface area (TPSA) is 32.3 Å². The predicted molar refractivity (Wildman–Crippen MR) is 44.1 cm³/mol. The summed E-state index contributed by atoms with van der Waals surface area (Å²) in [5, 5.41) is 12.7. The molecule has 2 heteroatoms. The molecule has 10 heavy (non-hydrogen) atoms. The fourth-order valence-electron chi connectivity index (χ4n) is 1.02. The van der Waals surface area contributed by atoms with E-state index < -0.39 is 5.60 Å². The number of hydrogen-bond acceptors (Lipinski definition) is 2. The molecule has 0 saturated carbocycles. The number of hydrogen-bond donors (Lipinski definition) is 2. The highest BCUT2D eigenvalue weighted by Crippen LogP contribution is 2.09. The van der Waals surface area contributed by atoms with Crippen molar-refractivity contribution in [2.75, 3.05) is 13.1 Å². The van der Waals surface area contributed by atoms with Crippen molar-refractivity contribution in [3.8, 4) is 0 Å². The normalized spacial score (nSPS) is 16.8.